The first-order valence-electron chi connectivity index (χ1n) is 5.88. The van der Waals surface area contributed by atoms with Gasteiger partial charge in [-0.2, -0.15) is 0 Å². The van der Waals surface area contributed by atoms with E-state index < -0.39 is 4.92 Å². The normalized spacial score (nSPS) is 11.2. The molecule has 2 rings (SSSR count). The SMILES string of the molecule is Cc1cccc([N+](=O)[O-])c1Oc1cnccc1/C(N)=N/O. The fraction of sp³-hybridized carbons (Fsp3) is 0.0769. The van der Waals surface area contributed by atoms with Crippen LogP contribution in [-0.4, -0.2) is 21.0 Å². The summed E-state index contributed by atoms with van der Waals surface area (Å²) in [5.74, 6) is 0.0660. The van der Waals surface area contributed by atoms with Crippen LogP contribution < -0.4 is 10.5 Å². The van der Waals surface area contributed by atoms with Gasteiger partial charge in [-0.25, -0.2) is 0 Å². The molecule has 0 aliphatic carbocycles. The number of amidine groups is 1. The minimum Gasteiger partial charge on any atom is -0.447 e. The quantitative estimate of drug-likeness (QED) is 0.292. The Hall–Kier alpha value is -3.16. The van der Waals surface area contributed by atoms with E-state index in [2.05, 4.69) is 10.1 Å². The monoisotopic (exact) mass is 288 g/mol. The van der Waals surface area contributed by atoms with E-state index >= 15 is 0 Å². The van der Waals surface area contributed by atoms with Crippen molar-refractivity contribution in [2.45, 2.75) is 6.92 Å². The van der Waals surface area contributed by atoms with Crippen LogP contribution in [0.1, 0.15) is 11.1 Å². The summed E-state index contributed by atoms with van der Waals surface area (Å²) >= 11 is 0. The number of benzene rings is 1. The van der Waals surface area contributed by atoms with Crippen LogP contribution in [0.3, 0.4) is 0 Å². The van der Waals surface area contributed by atoms with Crippen molar-refractivity contribution in [2.75, 3.05) is 0 Å². The van der Waals surface area contributed by atoms with E-state index in [1.807, 2.05) is 0 Å². The van der Waals surface area contributed by atoms with E-state index in [9.17, 15) is 10.1 Å². The molecule has 1 aromatic heterocycles. The molecule has 0 unspecified atom stereocenters. The van der Waals surface area contributed by atoms with Crippen molar-refractivity contribution in [1.82, 2.24) is 4.98 Å². The maximum Gasteiger partial charge on any atom is 0.311 e. The molecule has 0 amide bonds. The predicted octanol–water partition coefficient (Wildman–Crippen LogP) is 2.19. The van der Waals surface area contributed by atoms with Crippen LogP contribution >= 0.6 is 0 Å². The maximum absolute atomic E-state index is 11.1. The van der Waals surface area contributed by atoms with Gasteiger partial charge in [0.25, 0.3) is 0 Å². The highest BCUT2D eigenvalue weighted by Gasteiger charge is 2.19. The molecule has 0 radical (unpaired) electrons. The van der Waals surface area contributed by atoms with Gasteiger partial charge in [0, 0.05) is 12.3 Å². The number of pyridine rings is 1. The molecule has 0 atom stereocenters. The molecule has 0 saturated heterocycles. The number of rotatable bonds is 4. The zero-order valence-corrected chi connectivity index (χ0v) is 11.1. The molecule has 0 aliphatic heterocycles. The zero-order chi connectivity index (χ0) is 15.4. The first-order valence-corrected chi connectivity index (χ1v) is 5.88. The van der Waals surface area contributed by atoms with Crippen LogP contribution in [0.25, 0.3) is 0 Å². The molecule has 0 aliphatic rings. The van der Waals surface area contributed by atoms with Gasteiger partial charge in [0.2, 0.25) is 5.75 Å². The maximum atomic E-state index is 11.1. The minimum atomic E-state index is -0.540. The highest BCUT2D eigenvalue weighted by atomic mass is 16.6. The highest BCUT2D eigenvalue weighted by molar-refractivity contribution is 5.99. The summed E-state index contributed by atoms with van der Waals surface area (Å²) in [6, 6.07) is 6.06. The average molecular weight is 288 g/mol. The largest absolute Gasteiger partial charge is 0.447 e. The van der Waals surface area contributed by atoms with Crippen LogP contribution in [0.5, 0.6) is 11.5 Å². The molecule has 1 aromatic carbocycles. The number of para-hydroxylation sites is 1. The molecular formula is C13H12N4O4. The van der Waals surface area contributed by atoms with E-state index in [1.165, 1.54) is 24.5 Å². The van der Waals surface area contributed by atoms with Gasteiger partial charge in [-0.3, -0.25) is 15.1 Å². The van der Waals surface area contributed by atoms with Gasteiger partial charge in [0.15, 0.2) is 11.6 Å². The number of nitrogens with zero attached hydrogens (tertiary/aromatic N) is 3. The Kier molecular flexibility index (Phi) is 3.98. The van der Waals surface area contributed by atoms with Gasteiger partial charge in [-0.05, 0) is 18.6 Å². The van der Waals surface area contributed by atoms with E-state index in [0.29, 0.717) is 5.56 Å². The third-order valence-electron chi connectivity index (χ3n) is 2.77. The Morgan fingerprint density at radius 3 is 2.90 bits per heavy atom. The van der Waals surface area contributed by atoms with Crippen molar-refractivity contribution in [3.8, 4) is 11.5 Å². The molecule has 0 bridgehead atoms. The van der Waals surface area contributed by atoms with Crippen molar-refractivity contribution in [3.05, 3.63) is 57.9 Å². The number of hydrogen-bond acceptors (Lipinski definition) is 6. The fourth-order valence-electron chi connectivity index (χ4n) is 1.75. The Balaban J connectivity index is 2.52. The zero-order valence-electron chi connectivity index (χ0n) is 11.1. The number of aryl methyl sites for hydroxylation is 1. The Morgan fingerprint density at radius 1 is 1.48 bits per heavy atom. The molecule has 1 heterocycles. The molecular weight excluding hydrogens is 276 g/mol. The van der Waals surface area contributed by atoms with E-state index in [1.54, 1.807) is 19.1 Å². The van der Waals surface area contributed by atoms with Gasteiger partial charge in [-0.1, -0.05) is 17.3 Å². The lowest BCUT2D eigenvalue weighted by Crippen LogP contribution is -2.14. The Labute approximate surface area is 119 Å². The van der Waals surface area contributed by atoms with Crippen molar-refractivity contribution < 1.29 is 14.9 Å². The third kappa shape index (κ3) is 2.89. The predicted molar refractivity (Wildman–Crippen MR) is 74.7 cm³/mol. The lowest BCUT2D eigenvalue weighted by atomic mass is 10.2. The summed E-state index contributed by atoms with van der Waals surface area (Å²) in [6.45, 7) is 1.68. The molecule has 0 fully saturated rings. The molecule has 0 spiro atoms. The molecule has 2 aromatic rings. The van der Waals surface area contributed by atoms with Crippen molar-refractivity contribution >= 4 is 11.5 Å². The first kappa shape index (κ1) is 14.3. The second-order valence-corrected chi connectivity index (χ2v) is 4.14. The smallest absolute Gasteiger partial charge is 0.311 e. The molecule has 8 nitrogen and oxygen atoms in total. The Bertz CT molecular complexity index is 715. The van der Waals surface area contributed by atoms with Gasteiger partial charge >= 0.3 is 5.69 Å². The number of ether oxygens (including phenoxy) is 1. The summed E-state index contributed by atoms with van der Waals surface area (Å²) < 4.78 is 5.58. The number of oxime groups is 1. The molecule has 108 valence electrons. The summed E-state index contributed by atoms with van der Waals surface area (Å²) in [6.07, 6.45) is 2.77. The lowest BCUT2D eigenvalue weighted by Gasteiger charge is -2.11. The topological polar surface area (TPSA) is 124 Å². The Morgan fingerprint density at radius 2 is 2.24 bits per heavy atom. The number of nitrogens with two attached hydrogens (primary N) is 1. The van der Waals surface area contributed by atoms with Gasteiger partial charge in [0.05, 0.1) is 16.7 Å². The van der Waals surface area contributed by atoms with Crippen molar-refractivity contribution in [1.29, 1.82) is 0 Å². The van der Waals surface area contributed by atoms with Gasteiger partial charge in [-0.15, -0.1) is 0 Å². The number of aromatic nitrogens is 1. The van der Waals surface area contributed by atoms with Crippen LogP contribution in [0.15, 0.2) is 41.8 Å². The van der Waals surface area contributed by atoms with E-state index in [-0.39, 0.29) is 28.6 Å². The van der Waals surface area contributed by atoms with Crippen LogP contribution in [0.2, 0.25) is 0 Å². The summed E-state index contributed by atoms with van der Waals surface area (Å²) in [5.41, 5.74) is 6.23. The van der Waals surface area contributed by atoms with Crippen LogP contribution in [-0.2, 0) is 0 Å². The standard InChI is InChI=1S/C13H12N4O4/c1-8-3-2-4-10(17(19)20)12(8)21-11-7-15-6-5-9(11)13(14)16-18/h2-7,18H,1H3,(H2,14,16). The second kappa shape index (κ2) is 5.87. The number of hydrogen-bond donors (Lipinski definition) is 2. The summed E-state index contributed by atoms with van der Waals surface area (Å²) in [5, 5.41) is 22.7. The van der Waals surface area contributed by atoms with Gasteiger partial charge in [0.1, 0.15) is 0 Å². The highest BCUT2D eigenvalue weighted by Crippen LogP contribution is 2.35. The summed E-state index contributed by atoms with van der Waals surface area (Å²) in [4.78, 5) is 14.4. The lowest BCUT2D eigenvalue weighted by molar-refractivity contribution is -0.385. The summed E-state index contributed by atoms with van der Waals surface area (Å²) in [7, 11) is 0. The molecule has 0 saturated carbocycles. The number of nitro benzene ring substituents is 1. The first-order chi connectivity index (χ1) is 10.0. The molecule has 21 heavy (non-hydrogen) atoms. The van der Waals surface area contributed by atoms with Crippen molar-refractivity contribution in [2.24, 2.45) is 10.9 Å². The molecule has 3 N–H and O–H groups in total. The minimum absolute atomic E-state index is 0.0856. The van der Waals surface area contributed by atoms with Crippen molar-refractivity contribution in [3.63, 3.8) is 0 Å². The van der Waals surface area contributed by atoms with E-state index in [4.69, 9.17) is 15.7 Å². The van der Waals surface area contributed by atoms with E-state index in [0.717, 1.165) is 0 Å². The average Bonchev–Trinajstić information content (AvgIpc) is 2.48. The second-order valence-electron chi connectivity index (χ2n) is 4.14. The fourth-order valence-corrected chi connectivity index (χ4v) is 1.75. The number of nitro groups is 1. The van der Waals surface area contributed by atoms with Gasteiger partial charge < -0.3 is 15.7 Å². The molecule has 8 heteroatoms. The third-order valence-corrected chi connectivity index (χ3v) is 2.77. The van der Waals surface area contributed by atoms with Crippen LogP contribution in [0, 0.1) is 17.0 Å². The van der Waals surface area contributed by atoms with Crippen LogP contribution in [0.4, 0.5) is 5.69 Å².